The van der Waals surface area contributed by atoms with E-state index in [0.29, 0.717) is 25.7 Å². The van der Waals surface area contributed by atoms with Crippen LogP contribution in [0.3, 0.4) is 0 Å². The van der Waals surface area contributed by atoms with Gasteiger partial charge in [0.25, 0.3) is 5.91 Å². The summed E-state index contributed by atoms with van der Waals surface area (Å²) in [5.41, 5.74) is 0.211. The lowest BCUT2D eigenvalue weighted by Crippen LogP contribution is -2.43. The van der Waals surface area contributed by atoms with Crippen LogP contribution in [0.1, 0.15) is 40.9 Å². The number of carboxylic acids is 1. The van der Waals surface area contributed by atoms with E-state index in [9.17, 15) is 14.7 Å². The van der Waals surface area contributed by atoms with Crippen LogP contribution in [0.15, 0.2) is 11.4 Å². The molecule has 2 aliphatic heterocycles. The number of carbonyl (C=O) groups excluding carboxylic acids is 1. The van der Waals surface area contributed by atoms with Crippen molar-refractivity contribution in [2.75, 3.05) is 26.2 Å². The first-order valence-electron chi connectivity index (χ1n) is 8.82. The van der Waals surface area contributed by atoms with Crippen molar-refractivity contribution in [1.29, 1.82) is 0 Å². The summed E-state index contributed by atoms with van der Waals surface area (Å²) in [5.74, 6) is -0.670. The summed E-state index contributed by atoms with van der Waals surface area (Å²) in [6, 6.07) is 2.50. The Kier molecular flexibility index (Phi) is 3.92. The van der Waals surface area contributed by atoms with Crippen molar-refractivity contribution in [2.45, 2.75) is 38.6 Å². The van der Waals surface area contributed by atoms with Crippen LogP contribution in [0.25, 0.3) is 0 Å². The molecule has 0 bridgehead atoms. The highest BCUT2D eigenvalue weighted by Gasteiger charge is 2.59. The number of fused-ring (bicyclic) bond motifs is 1. The van der Waals surface area contributed by atoms with Crippen molar-refractivity contribution < 1.29 is 14.7 Å². The van der Waals surface area contributed by atoms with E-state index in [1.165, 1.54) is 37.0 Å². The molecule has 1 aromatic rings. The van der Waals surface area contributed by atoms with Gasteiger partial charge in [-0.25, -0.2) is 0 Å². The SMILES string of the molecule is Cc1ccsc1C(=O)N1C[C@@H]2CN(C3CCCC3)C[C@]2(C(=O)O)C1. The van der Waals surface area contributed by atoms with Crippen LogP contribution in [0.2, 0.25) is 0 Å². The lowest BCUT2D eigenvalue weighted by Gasteiger charge is -2.28. The zero-order valence-electron chi connectivity index (χ0n) is 14.0. The van der Waals surface area contributed by atoms with Crippen LogP contribution in [0, 0.1) is 18.3 Å². The van der Waals surface area contributed by atoms with Gasteiger partial charge in [-0.2, -0.15) is 0 Å². The monoisotopic (exact) mass is 348 g/mol. The maximum Gasteiger partial charge on any atom is 0.313 e. The molecule has 3 aliphatic rings. The first-order valence-corrected chi connectivity index (χ1v) is 9.70. The van der Waals surface area contributed by atoms with E-state index in [2.05, 4.69) is 4.90 Å². The molecule has 0 spiro atoms. The van der Waals surface area contributed by atoms with Crippen LogP contribution < -0.4 is 0 Å². The minimum absolute atomic E-state index is 0.00458. The van der Waals surface area contributed by atoms with Crippen LogP contribution in [-0.4, -0.2) is 59.0 Å². The molecule has 3 fully saturated rings. The highest BCUT2D eigenvalue weighted by molar-refractivity contribution is 7.12. The van der Waals surface area contributed by atoms with E-state index in [4.69, 9.17) is 0 Å². The summed E-state index contributed by atoms with van der Waals surface area (Å²) in [7, 11) is 0. The zero-order valence-corrected chi connectivity index (χ0v) is 14.8. The quantitative estimate of drug-likeness (QED) is 0.911. The topological polar surface area (TPSA) is 60.9 Å². The summed E-state index contributed by atoms with van der Waals surface area (Å²) in [5, 5.41) is 11.9. The first-order chi connectivity index (χ1) is 11.5. The molecule has 0 radical (unpaired) electrons. The molecule has 3 heterocycles. The van der Waals surface area contributed by atoms with Gasteiger partial charge in [-0.3, -0.25) is 14.5 Å². The molecule has 130 valence electrons. The molecule has 6 heteroatoms. The average molecular weight is 348 g/mol. The van der Waals surface area contributed by atoms with Gasteiger partial charge in [-0.15, -0.1) is 11.3 Å². The fourth-order valence-corrected chi connectivity index (χ4v) is 5.74. The van der Waals surface area contributed by atoms with Crippen molar-refractivity contribution in [2.24, 2.45) is 11.3 Å². The predicted octanol–water partition coefficient (Wildman–Crippen LogP) is 2.46. The van der Waals surface area contributed by atoms with Gasteiger partial charge in [0.2, 0.25) is 0 Å². The summed E-state index contributed by atoms with van der Waals surface area (Å²) in [4.78, 5) is 29.8. The number of carbonyl (C=O) groups is 2. The Morgan fingerprint density at radius 3 is 2.58 bits per heavy atom. The number of aryl methyl sites for hydroxylation is 1. The number of nitrogens with zero attached hydrogens (tertiary/aromatic N) is 2. The molecule has 5 nitrogen and oxygen atoms in total. The molecule has 1 aromatic heterocycles. The van der Waals surface area contributed by atoms with Crippen LogP contribution >= 0.6 is 11.3 Å². The van der Waals surface area contributed by atoms with Crippen LogP contribution in [0.4, 0.5) is 0 Å². The second-order valence-corrected chi connectivity index (χ2v) is 8.56. The largest absolute Gasteiger partial charge is 0.481 e. The molecule has 24 heavy (non-hydrogen) atoms. The van der Waals surface area contributed by atoms with Gasteiger partial charge in [0.15, 0.2) is 0 Å². The fraction of sp³-hybridized carbons (Fsp3) is 0.667. The Balaban J connectivity index is 1.54. The third kappa shape index (κ3) is 2.39. The number of amides is 1. The molecule has 2 saturated heterocycles. The Labute approximate surface area is 146 Å². The fourth-order valence-electron chi connectivity index (χ4n) is 4.84. The van der Waals surface area contributed by atoms with Gasteiger partial charge in [-0.1, -0.05) is 12.8 Å². The predicted molar refractivity (Wildman–Crippen MR) is 92.3 cm³/mol. The van der Waals surface area contributed by atoms with Crippen LogP contribution in [0.5, 0.6) is 0 Å². The summed E-state index contributed by atoms with van der Waals surface area (Å²) < 4.78 is 0. The van der Waals surface area contributed by atoms with Gasteiger partial charge in [0.1, 0.15) is 5.41 Å². The maximum atomic E-state index is 12.8. The third-order valence-corrected chi connectivity index (χ3v) is 7.25. The highest BCUT2D eigenvalue weighted by atomic mass is 32.1. The summed E-state index contributed by atoms with van der Waals surface area (Å²) in [6.07, 6.45) is 4.90. The molecule has 1 N–H and O–H groups in total. The number of thiophene rings is 1. The Morgan fingerprint density at radius 1 is 1.25 bits per heavy atom. The zero-order chi connectivity index (χ0) is 16.9. The summed E-state index contributed by atoms with van der Waals surface area (Å²) >= 11 is 1.45. The van der Waals surface area contributed by atoms with Crippen molar-refractivity contribution >= 4 is 23.2 Å². The number of carboxylic acid groups (broad SMARTS) is 1. The van der Waals surface area contributed by atoms with Gasteiger partial charge in [-0.05, 0) is 36.8 Å². The number of likely N-dealkylation sites (tertiary alicyclic amines) is 2. The van der Waals surface area contributed by atoms with Crippen molar-refractivity contribution in [3.8, 4) is 0 Å². The third-order valence-electron chi connectivity index (χ3n) is 6.25. The van der Waals surface area contributed by atoms with Crippen molar-refractivity contribution in [3.05, 3.63) is 21.9 Å². The second-order valence-electron chi connectivity index (χ2n) is 7.64. The van der Waals surface area contributed by atoms with Crippen LogP contribution in [-0.2, 0) is 4.79 Å². The lowest BCUT2D eigenvalue weighted by atomic mass is 9.81. The molecule has 2 atom stereocenters. The number of rotatable bonds is 3. The number of hydrogen-bond donors (Lipinski definition) is 1. The van der Waals surface area contributed by atoms with E-state index in [1.54, 1.807) is 4.90 Å². The summed E-state index contributed by atoms with van der Waals surface area (Å²) in [6.45, 7) is 4.29. The second kappa shape index (κ2) is 5.85. The molecule has 4 rings (SSSR count). The smallest absolute Gasteiger partial charge is 0.313 e. The highest BCUT2D eigenvalue weighted by Crippen LogP contribution is 2.45. The molecule has 1 amide bonds. The Morgan fingerprint density at radius 2 is 2.00 bits per heavy atom. The molecular weight excluding hydrogens is 324 g/mol. The average Bonchev–Trinajstić information content (AvgIpc) is 3.28. The first kappa shape index (κ1) is 16.1. The lowest BCUT2D eigenvalue weighted by molar-refractivity contribution is -0.148. The van der Waals surface area contributed by atoms with E-state index < -0.39 is 11.4 Å². The maximum absolute atomic E-state index is 12.8. The van der Waals surface area contributed by atoms with Gasteiger partial charge in [0, 0.05) is 38.1 Å². The minimum Gasteiger partial charge on any atom is -0.481 e. The van der Waals surface area contributed by atoms with E-state index in [1.807, 2.05) is 18.4 Å². The van der Waals surface area contributed by atoms with Gasteiger partial charge >= 0.3 is 5.97 Å². The standard InChI is InChI=1S/C18H24N2O3S/c1-12-6-7-24-15(12)16(21)20-9-13-8-19(14-4-2-3-5-14)10-18(13,11-20)17(22)23/h6-7,13-14H,2-5,8-11H2,1H3,(H,22,23)/t13-,18-/m0/s1. The number of hydrogen-bond acceptors (Lipinski definition) is 4. The molecular formula is C18H24N2O3S. The van der Waals surface area contributed by atoms with Gasteiger partial charge < -0.3 is 10.0 Å². The normalized spacial score (nSPS) is 30.9. The van der Waals surface area contributed by atoms with E-state index in [0.717, 1.165) is 17.0 Å². The Bertz CT molecular complexity index is 667. The molecule has 1 aliphatic carbocycles. The van der Waals surface area contributed by atoms with E-state index in [-0.39, 0.29) is 11.8 Å². The van der Waals surface area contributed by atoms with Crippen molar-refractivity contribution in [3.63, 3.8) is 0 Å². The molecule has 1 saturated carbocycles. The molecule has 0 aromatic carbocycles. The van der Waals surface area contributed by atoms with Gasteiger partial charge in [0.05, 0.1) is 4.88 Å². The Hall–Kier alpha value is -1.40. The molecule has 0 unspecified atom stereocenters. The number of aliphatic carboxylic acids is 1. The van der Waals surface area contributed by atoms with Crippen molar-refractivity contribution in [1.82, 2.24) is 9.80 Å². The minimum atomic E-state index is -0.774. The van der Waals surface area contributed by atoms with E-state index >= 15 is 0 Å².